The predicted octanol–water partition coefficient (Wildman–Crippen LogP) is 7.21. The summed E-state index contributed by atoms with van der Waals surface area (Å²) in [6, 6.07) is 14.5. The fourth-order valence-electron chi connectivity index (χ4n) is 3.88. The number of benzene rings is 4. The van der Waals surface area contributed by atoms with Gasteiger partial charge in [-0.05, 0) is 126 Å². The first-order valence-corrected chi connectivity index (χ1v) is 20.5. The number of nitrogens with one attached hydrogen (secondary N) is 4. The average molecular weight is 958 g/mol. The number of rotatable bonds is 8. The van der Waals surface area contributed by atoms with Crippen LogP contribution in [0.25, 0.3) is 0 Å². The van der Waals surface area contributed by atoms with Crippen LogP contribution in [0.5, 0.6) is 0 Å². The molecule has 4 amide bonds. The van der Waals surface area contributed by atoms with Crippen molar-refractivity contribution in [3.63, 3.8) is 0 Å². The number of sulfonamides is 2. The summed E-state index contributed by atoms with van der Waals surface area (Å²) in [5, 5.41) is 4.75. The second kappa shape index (κ2) is 14.4. The Labute approximate surface area is 304 Å². The molecule has 0 atom stereocenters. The Bertz CT molecular complexity index is 2190. The number of amides is 4. The molecule has 4 aromatic rings. The van der Waals surface area contributed by atoms with Crippen molar-refractivity contribution in [1.29, 1.82) is 0 Å². The topological polar surface area (TPSA) is 185 Å². The summed E-state index contributed by atoms with van der Waals surface area (Å²) in [5.74, 6) is 0. The van der Waals surface area contributed by atoms with E-state index in [1.807, 2.05) is 9.44 Å². The number of hydrogen-bond donors (Lipinski definition) is 4. The molecule has 0 aliphatic carbocycles. The molecule has 0 saturated carbocycles. The minimum Gasteiger partial charge on any atom is -0.307 e. The Kier molecular flexibility index (Phi) is 11.3. The van der Waals surface area contributed by atoms with Crippen LogP contribution in [0.2, 0.25) is 0 Å². The number of urea groups is 2. The first-order valence-electron chi connectivity index (χ1n) is 12.9. The molecule has 0 aliphatic rings. The molecule has 0 saturated heterocycles. The molecule has 47 heavy (non-hydrogen) atoms. The predicted molar refractivity (Wildman–Crippen MR) is 190 cm³/mol. The smallest absolute Gasteiger partial charge is 0.307 e. The number of carbonyl (C=O) groups is 2. The van der Waals surface area contributed by atoms with Crippen molar-refractivity contribution in [1.82, 2.24) is 9.44 Å². The fourth-order valence-corrected chi connectivity index (χ4v) is 11.0. The van der Waals surface area contributed by atoms with Crippen LogP contribution in [-0.4, -0.2) is 37.3 Å². The molecule has 0 heterocycles. The molecule has 0 radical (unpaired) electrons. The van der Waals surface area contributed by atoms with Gasteiger partial charge in [0.25, 0.3) is 20.0 Å². The molecule has 4 rings (SSSR count). The molecular formula is C28H22Br4N4O8S3. The maximum absolute atomic E-state index is 13.7. The first kappa shape index (κ1) is 37.0. The molecule has 0 aromatic heterocycles. The number of sulfone groups is 1. The van der Waals surface area contributed by atoms with E-state index in [0.29, 0.717) is 0 Å². The van der Waals surface area contributed by atoms with Crippen molar-refractivity contribution in [3.05, 3.63) is 102 Å². The van der Waals surface area contributed by atoms with Crippen molar-refractivity contribution < 1.29 is 34.8 Å². The van der Waals surface area contributed by atoms with E-state index in [9.17, 15) is 34.8 Å². The second-order valence-electron chi connectivity index (χ2n) is 9.73. The highest BCUT2D eigenvalue weighted by Gasteiger charge is 2.30. The van der Waals surface area contributed by atoms with Crippen molar-refractivity contribution in [2.75, 3.05) is 10.6 Å². The third-order valence-corrected chi connectivity index (χ3v) is 15.6. The van der Waals surface area contributed by atoms with Gasteiger partial charge in [-0.2, -0.15) is 0 Å². The lowest BCUT2D eigenvalue weighted by molar-refractivity contribution is 0.255. The van der Waals surface area contributed by atoms with Crippen LogP contribution in [0.15, 0.2) is 110 Å². The van der Waals surface area contributed by atoms with Gasteiger partial charge in [-0.25, -0.2) is 44.3 Å². The minimum atomic E-state index is -4.27. The van der Waals surface area contributed by atoms with E-state index in [-0.39, 0.29) is 48.8 Å². The summed E-state index contributed by atoms with van der Waals surface area (Å²) in [4.78, 5) is 24.4. The molecule has 19 heteroatoms. The maximum atomic E-state index is 13.7. The number of carbonyl (C=O) groups excluding carboxylic acids is 2. The van der Waals surface area contributed by atoms with Gasteiger partial charge in [0.15, 0.2) is 0 Å². The zero-order valence-electron chi connectivity index (χ0n) is 23.9. The largest absolute Gasteiger partial charge is 0.333 e. The lowest BCUT2D eigenvalue weighted by Crippen LogP contribution is -2.34. The van der Waals surface area contributed by atoms with Crippen LogP contribution in [0.4, 0.5) is 21.0 Å². The van der Waals surface area contributed by atoms with Crippen molar-refractivity contribution in [2.24, 2.45) is 0 Å². The minimum absolute atomic E-state index is 0.00505. The molecule has 0 unspecified atom stereocenters. The zero-order valence-corrected chi connectivity index (χ0v) is 32.7. The molecule has 0 spiro atoms. The summed E-state index contributed by atoms with van der Waals surface area (Å²) in [5.41, 5.74) is 1.77. The van der Waals surface area contributed by atoms with Gasteiger partial charge in [0.1, 0.15) is 4.90 Å². The van der Waals surface area contributed by atoms with Crippen LogP contribution in [-0.2, 0) is 29.9 Å². The molecule has 0 fully saturated rings. The summed E-state index contributed by atoms with van der Waals surface area (Å²) in [6.07, 6.45) is 0. The second-order valence-corrected chi connectivity index (χ2v) is 18.2. The van der Waals surface area contributed by atoms with Crippen LogP contribution in [0.3, 0.4) is 0 Å². The van der Waals surface area contributed by atoms with E-state index in [1.165, 1.54) is 48.5 Å². The number of anilines is 2. The van der Waals surface area contributed by atoms with Gasteiger partial charge < -0.3 is 10.6 Å². The summed E-state index contributed by atoms with van der Waals surface area (Å²) < 4.78 is 81.7. The van der Waals surface area contributed by atoms with E-state index in [1.54, 1.807) is 38.1 Å². The highest BCUT2D eigenvalue weighted by atomic mass is 79.9. The lowest BCUT2D eigenvalue weighted by Gasteiger charge is -2.18. The standard InChI is InChI=1S/C28H22Br4N4O8S3/c1-15-3-9-19(10-4-15)46(41,42)35-27(37)33-17-7-13-18(14-8-17)45(39,40)26-23(31)21(29)25(22(30)24(26)32)34-28(38)36-47(43,44)20-11-5-16(2)6-12-20/h3-14H,1-2H3,(H2,33,35,37)(H2,34,36,38). The van der Waals surface area contributed by atoms with Crippen LogP contribution < -0.4 is 20.1 Å². The highest BCUT2D eigenvalue weighted by Crippen LogP contribution is 2.48. The molecule has 0 bridgehead atoms. The van der Waals surface area contributed by atoms with Gasteiger partial charge in [0.2, 0.25) is 9.84 Å². The van der Waals surface area contributed by atoms with E-state index in [4.69, 9.17) is 0 Å². The normalized spacial score (nSPS) is 11.9. The van der Waals surface area contributed by atoms with Gasteiger partial charge in [0.05, 0.1) is 38.3 Å². The fraction of sp³-hybridized carbons (Fsp3) is 0.0714. The van der Waals surface area contributed by atoms with Crippen molar-refractivity contribution in [2.45, 2.75) is 33.4 Å². The summed E-state index contributed by atoms with van der Waals surface area (Å²) in [6.45, 7) is 3.57. The highest BCUT2D eigenvalue weighted by molar-refractivity contribution is 9.14. The maximum Gasteiger partial charge on any atom is 0.333 e. The molecular weight excluding hydrogens is 936 g/mol. The first-order chi connectivity index (χ1) is 21.8. The van der Waals surface area contributed by atoms with Gasteiger partial charge in [-0.15, -0.1) is 0 Å². The number of hydrogen-bond acceptors (Lipinski definition) is 8. The van der Waals surface area contributed by atoms with Crippen LogP contribution >= 0.6 is 63.7 Å². The third-order valence-electron chi connectivity index (χ3n) is 6.27. The van der Waals surface area contributed by atoms with E-state index in [2.05, 4.69) is 74.4 Å². The van der Waals surface area contributed by atoms with E-state index >= 15 is 0 Å². The zero-order chi connectivity index (χ0) is 34.9. The Morgan fingerprint density at radius 1 is 0.511 bits per heavy atom. The van der Waals surface area contributed by atoms with Gasteiger partial charge >= 0.3 is 12.1 Å². The molecule has 4 N–H and O–H groups in total. The van der Waals surface area contributed by atoms with E-state index in [0.717, 1.165) is 11.1 Å². The summed E-state index contributed by atoms with van der Waals surface area (Å²) in [7, 11) is -12.6. The summed E-state index contributed by atoms with van der Waals surface area (Å²) >= 11 is 13.0. The number of halogens is 4. The van der Waals surface area contributed by atoms with Gasteiger partial charge in [0, 0.05) is 5.69 Å². The third kappa shape index (κ3) is 8.44. The van der Waals surface area contributed by atoms with Crippen LogP contribution in [0.1, 0.15) is 11.1 Å². The molecule has 248 valence electrons. The number of aryl methyl sites for hydroxylation is 2. The lowest BCUT2D eigenvalue weighted by atomic mass is 10.2. The monoisotopic (exact) mass is 954 g/mol. The van der Waals surface area contributed by atoms with Crippen molar-refractivity contribution in [3.8, 4) is 0 Å². The SMILES string of the molecule is Cc1ccc(S(=O)(=O)NC(=O)Nc2ccc(S(=O)(=O)c3c(Br)c(Br)c(NC(=O)NS(=O)(=O)c4ccc(C)cc4)c(Br)c3Br)cc2)cc1. The molecule has 4 aromatic carbocycles. The van der Waals surface area contributed by atoms with Crippen LogP contribution in [0, 0.1) is 13.8 Å². The Balaban J connectivity index is 1.53. The quantitative estimate of drug-likeness (QED) is 0.134. The molecule has 0 aliphatic heterocycles. The average Bonchev–Trinajstić information content (AvgIpc) is 2.98. The molecule has 12 nitrogen and oxygen atoms in total. The van der Waals surface area contributed by atoms with Gasteiger partial charge in [-0.3, -0.25) is 0 Å². The van der Waals surface area contributed by atoms with Gasteiger partial charge in [-0.1, -0.05) is 35.4 Å². The van der Waals surface area contributed by atoms with Crippen molar-refractivity contribution >= 4 is 117 Å². The Morgan fingerprint density at radius 3 is 1.28 bits per heavy atom. The Morgan fingerprint density at radius 2 is 0.872 bits per heavy atom. The Hall–Kier alpha value is -2.81. The van der Waals surface area contributed by atoms with E-state index < -0.39 is 41.9 Å².